The second-order valence-corrected chi connectivity index (χ2v) is 8.26. The summed E-state index contributed by atoms with van der Waals surface area (Å²) in [7, 11) is -3.89. The van der Waals surface area contributed by atoms with Crippen LogP contribution in [0, 0.1) is 12.7 Å². The molecule has 0 radical (unpaired) electrons. The van der Waals surface area contributed by atoms with Crippen LogP contribution >= 0.6 is 12.4 Å². The fourth-order valence-electron chi connectivity index (χ4n) is 3.36. The normalized spacial score (nSPS) is 22.6. The van der Waals surface area contributed by atoms with Crippen molar-refractivity contribution in [2.75, 3.05) is 32.7 Å². The van der Waals surface area contributed by atoms with Gasteiger partial charge in [-0.1, -0.05) is 6.07 Å². The molecule has 2 heterocycles. The van der Waals surface area contributed by atoms with Crippen molar-refractivity contribution < 1.29 is 17.6 Å². The fourth-order valence-corrected chi connectivity index (χ4v) is 4.92. The van der Waals surface area contributed by atoms with Crippen molar-refractivity contribution in [1.29, 1.82) is 0 Å². The number of hydrogen-bond acceptors (Lipinski definition) is 4. The molecule has 0 saturated carbocycles. The predicted molar refractivity (Wildman–Crippen MR) is 94.7 cm³/mol. The molecule has 0 bridgehead atoms. The van der Waals surface area contributed by atoms with E-state index in [1.807, 2.05) is 0 Å². The molecule has 0 spiro atoms. The van der Waals surface area contributed by atoms with Gasteiger partial charge in [0.25, 0.3) is 0 Å². The minimum Gasteiger partial charge on any atom is -0.336 e. The van der Waals surface area contributed by atoms with Crippen LogP contribution in [0.25, 0.3) is 0 Å². The van der Waals surface area contributed by atoms with Crippen LogP contribution in [0.3, 0.4) is 0 Å². The van der Waals surface area contributed by atoms with Gasteiger partial charge in [0.15, 0.2) is 0 Å². The summed E-state index contributed by atoms with van der Waals surface area (Å²) in [5.41, 5.74) is 0.675. The Bertz CT molecular complexity index is 744. The third-order valence-corrected chi connectivity index (χ3v) is 6.53. The Morgan fingerprint density at radius 1 is 1.28 bits per heavy atom. The second kappa shape index (κ2) is 7.99. The first-order valence-corrected chi connectivity index (χ1v) is 9.60. The first-order valence-electron chi connectivity index (χ1n) is 8.16. The number of piperidine rings is 1. The maximum atomic E-state index is 14.1. The van der Waals surface area contributed by atoms with Crippen LogP contribution in [0.2, 0.25) is 0 Å². The van der Waals surface area contributed by atoms with Crippen molar-refractivity contribution in [3.05, 3.63) is 29.6 Å². The average Bonchev–Trinajstić information content (AvgIpc) is 2.55. The van der Waals surface area contributed by atoms with Crippen molar-refractivity contribution in [3.63, 3.8) is 0 Å². The molecular weight excluding hydrogens is 369 g/mol. The van der Waals surface area contributed by atoms with Gasteiger partial charge in [0.2, 0.25) is 15.9 Å². The number of hydrogen-bond donors (Lipinski definition) is 1. The van der Waals surface area contributed by atoms with E-state index in [1.54, 1.807) is 17.9 Å². The Morgan fingerprint density at radius 3 is 2.72 bits per heavy atom. The lowest BCUT2D eigenvalue weighted by molar-refractivity contribution is -0.135. The first kappa shape index (κ1) is 20.1. The molecule has 9 heteroatoms. The molecule has 2 aliphatic rings. The lowest BCUT2D eigenvalue weighted by Crippen LogP contribution is -2.57. The van der Waals surface area contributed by atoms with E-state index >= 15 is 0 Å². The topological polar surface area (TPSA) is 69.7 Å². The highest BCUT2D eigenvalue weighted by atomic mass is 35.5. The molecule has 1 amide bonds. The van der Waals surface area contributed by atoms with E-state index in [0.717, 1.165) is 6.42 Å². The van der Waals surface area contributed by atoms with E-state index in [1.165, 1.54) is 16.4 Å². The molecule has 3 rings (SSSR count). The Hall–Kier alpha value is -1.22. The van der Waals surface area contributed by atoms with Crippen LogP contribution in [0.15, 0.2) is 23.1 Å². The van der Waals surface area contributed by atoms with Crippen molar-refractivity contribution >= 4 is 28.3 Å². The van der Waals surface area contributed by atoms with Crippen LogP contribution in [0.1, 0.15) is 18.4 Å². The van der Waals surface area contributed by atoms with Crippen molar-refractivity contribution in [1.82, 2.24) is 14.5 Å². The minimum absolute atomic E-state index is 0. The number of amides is 1. The molecule has 2 saturated heterocycles. The zero-order chi connectivity index (χ0) is 17.3. The molecule has 25 heavy (non-hydrogen) atoms. The summed E-state index contributed by atoms with van der Waals surface area (Å²) >= 11 is 0. The van der Waals surface area contributed by atoms with Crippen LogP contribution in [-0.2, 0) is 14.8 Å². The van der Waals surface area contributed by atoms with Gasteiger partial charge < -0.3 is 10.2 Å². The van der Waals surface area contributed by atoms with E-state index < -0.39 is 15.8 Å². The molecular formula is C16H23ClFN3O3S. The van der Waals surface area contributed by atoms with Crippen molar-refractivity contribution in [2.45, 2.75) is 30.7 Å². The minimum atomic E-state index is -3.89. The molecule has 1 unspecified atom stereocenters. The Labute approximate surface area is 153 Å². The maximum absolute atomic E-state index is 14.1. The van der Waals surface area contributed by atoms with Gasteiger partial charge in [-0.2, -0.15) is 4.31 Å². The highest BCUT2D eigenvalue weighted by molar-refractivity contribution is 7.89. The zero-order valence-electron chi connectivity index (χ0n) is 14.1. The molecule has 1 atom stereocenters. The fraction of sp³-hybridized carbons (Fsp3) is 0.562. The van der Waals surface area contributed by atoms with E-state index in [0.29, 0.717) is 31.6 Å². The number of aryl methyl sites for hydroxylation is 1. The molecule has 2 fully saturated rings. The van der Waals surface area contributed by atoms with Crippen LogP contribution in [0.4, 0.5) is 4.39 Å². The smallest absolute Gasteiger partial charge is 0.246 e. The lowest BCUT2D eigenvalue weighted by Gasteiger charge is -2.40. The molecule has 6 nitrogen and oxygen atoms in total. The SMILES string of the molecule is Cc1ccc(S(=O)(=O)N2CCCC(N3CCNCC3=O)C2)c(F)c1.Cl. The van der Waals surface area contributed by atoms with Gasteiger partial charge in [-0.05, 0) is 37.5 Å². The summed E-state index contributed by atoms with van der Waals surface area (Å²) in [6.45, 7) is 3.87. The molecule has 0 aromatic heterocycles. The standard InChI is InChI=1S/C16H22FN3O3S.ClH/c1-12-4-5-15(14(17)9-12)24(22,23)19-7-2-3-13(11-19)20-8-6-18-10-16(20)21;/h4-5,9,13,18H,2-3,6-8,10-11H2,1H3;1H. The highest BCUT2D eigenvalue weighted by Gasteiger charge is 2.36. The largest absolute Gasteiger partial charge is 0.336 e. The lowest BCUT2D eigenvalue weighted by atomic mass is 10.1. The van der Waals surface area contributed by atoms with Crippen molar-refractivity contribution in [3.8, 4) is 0 Å². The van der Waals surface area contributed by atoms with E-state index in [2.05, 4.69) is 5.32 Å². The number of rotatable bonds is 3. The van der Waals surface area contributed by atoms with Crippen LogP contribution < -0.4 is 5.32 Å². The monoisotopic (exact) mass is 391 g/mol. The van der Waals surface area contributed by atoms with E-state index in [9.17, 15) is 17.6 Å². The summed E-state index contributed by atoms with van der Waals surface area (Å²) in [5.74, 6) is -0.734. The van der Waals surface area contributed by atoms with E-state index in [4.69, 9.17) is 0 Å². The molecule has 1 aromatic rings. The molecule has 2 aliphatic heterocycles. The van der Waals surface area contributed by atoms with Gasteiger partial charge in [0.1, 0.15) is 10.7 Å². The molecule has 1 aromatic carbocycles. The third kappa shape index (κ3) is 4.13. The summed E-state index contributed by atoms with van der Waals surface area (Å²) in [6.07, 6.45) is 1.43. The molecule has 1 N–H and O–H groups in total. The number of carbonyl (C=O) groups excluding carboxylic acids is 1. The quantitative estimate of drug-likeness (QED) is 0.838. The van der Waals surface area contributed by atoms with Gasteiger partial charge in [-0.3, -0.25) is 4.79 Å². The van der Waals surface area contributed by atoms with Gasteiger partial charge in [0, 0.05) is 32.2 Å². The van der Waals surface area contributed by atoms with Gasteiger partial charge in [-0.15, -0.1) is 12.4 Å². The summed E-state index contributed by atoms with van der Waals surface area (Å²) in [6, 6.07) is 4.00. The molecule has 140 valence electrons. The molecule has 0 aliphatic carbocycles. The maximum Gasteiger partial charge on any atom is 0.246 e. The zero-order valence-corrected chi connectivity index (χ0v) is 15.7. The van der Waals surface area contributed by atoms with Crippen LogP contribution in [-0.4, -0.2) is 62.3 Å². The summed E-state index contributed by atoms with van der Waals surface area (Å²) < 4.78 is 41.0. The van der Waals surface area contributed by atoms with E-state index in [-0.39, 0.29) is 42.3 Å². The van der Waals surface area contributed by atoms with Crippen LogP contribution in [0.5, 0.6) is 0 Å². The number of halogens is 2. The Kier molecular flexibility index (Phi) is 6.42. The Balaban J connectivity index is 0.00000225. The Morgan fingerprint density at radius 2 is 2.04 bits per heavy atom. The number of piperazine rings is 1. The van der Waals surface area contributed by atoms with Gasteiger partial charge in [-0.25, -0.2) is 12.8 Å². The number of benzene rings is 1. The number of nitrogens with zero attached hydrogens (tertiary/aromatic N) is 2. The third-order valence-electron chi connectivity index (χ3n) is 4.63. The second-order valence-electron chi connectivity index (χ2n) is 6.36. The van der Waals surface area contributed by atoms with Gasteiger partial charge >= 0.3 is 0 Å². The van der Waals surface area contributed by atoms with Gasteiger partial charge in [0.05, 0.1) is 6.54 Å². The highest BCUT2D eigenvalue weighted by Crippen LogP contribution is 2.25. The summed E-state index contributed by atoms with van der Waals surface area (Å²) in [5, 5.41) is 3.01. The van der Waals surface area contributed by atoms with Crippen molar-refractivity contribution in [2.24, 2.45) is 0 Å². The number of carbonyl (C=O) groups is 1. The first-order chi connectivity index (χ1) is 11.4. The predicted octanol–water partition coefficient (Wildman–Crippen LogP) is 1.14. The number of nitrogens with one attached hydrogen (secondary N) is 1. The summed E-state index contributed by atoms with van der Waals surface area (Å²) in [4.78, 5) is 13.5. The number of sulfonamides is 1. The average molecular weight is 392 g/mol.